The van der Waals surface area contributed by atoms with Crippen LogP contribution >= 0.6 is 11.8 Å². The topological polar surface area (TPSA) is 56.7 Å². The molecule has 0 aliphatic rings. The van der Waals surface area contributed by atoms with E-state index in [0.717, 1.165) is 10.1 Å². The summed E-state index contributed by atoms with van der Waals surface area (Å²) in [5.74, 6) is 0. The predicted octanol–water partition coefficient (Wildman–Crippen LogP) is 1.55. The first kappa shape index (κ1) is 9.08. The molecule has 2 aromatic heterocycles. The molecule has 0 aliphatic heterocycles. The van der Waals surface area contributed by atoms with Crippen LogP contribution in [0.15, 0.2) is 40.9 Å². The largest absolute Gasteiger partial charge is 0.397 e. The van der Waals surface area contributed by atoms with Crippen LogP contribution in [0.4, 0.5) is 5.69 Å². The van der Waals surface area contributed by atoms with Crippen molar-refractivity contribution in [2.24, 2.45) is 7.05 Å². The van der Waals surface area contributed by atoms with Crippen LogP contribution in [-0.4, -0.2) is 14.5 Å². The summed E-state index contributed by atoms with van der Waals surface area (Å²) in [5, 5.41) is 0.919. The maximum atomic E-state index is 5.77. The molecule has 0 amide bonds. The second-order valence-electron chi connectivity index (χ2n) is 2.84. The van der Waals surface area contributed by atoms with E-state index in [1.807, 2.05) is 23.9 Å². The molecule has 0 saturated carbocycles. The molecule has 2 heterocycles. The van der Waals surface area contributed by atoms with Crippen LogP contribution in [0, 0.1) is 0 Å². The fourth-order valence-corrected chi connectivity index (χ4v) is 1.85. The average molecular weight is 206 g/mol. The quantitative estimate of drug-likeness (QED) is 0.810. The molecule has 0 atom stereocenters. The highest BCUT2D eigenvalue weighted by Gasteiger charge is 2.04. The Morgan fingerprint density at radius 2 is 2.29 bits per heavy atom. The maximum absolute atomic E-state index is 5.77. The van der Waals surface area contributed by atoms with E-state index in [1.165, 1.54) is 11.8 Å². The second kappa shape index (κ2) is 3.71. The van der Waals surface area contributed by atoms with Crippen LogP contribution in [0.5, 0.6) is 0 Å². The van der Waals surface area contributed by atoms with Crippen LogP contribution in [0.3, 0.4) is 0 Å². The first-order valence-corrected chi connectivity index (χ1v) is 4.93. The fraction of sp³-hybridized carbons (Fsp3) is 0.111. The SMILES string of the molecule is Cn1ccnc1Sc1ccncc1N. The zero-order chi connectivity index (χ0) is 9.97. The third-order valence-electron chi connectivity index (χ3n) is 1.79. The Kier molecular flexibility index (Phi) is 2.41. The Morgan fingerprint density at radius 3 is 2.93 bits per heavy atom. The van der Waals surface area contributed by atoms with Crippen molar-refractivity contribution in [1.29, 1.82) is 0 Å². The third-order valence-corrected chi connectivity index (χ3v) is 2.96. The molecule has 0 fully saturated rings. The van der Waals surface area contributed by atoms with Crippen molar-refractivity contribution in [1.82, 2.24) is 14.5 Å². The summed E-state index contributed by atoms with van der Waals surface area (Å²) in [5.41, 5.74) is 6.45. The van der Waals surface area contributed by atoms with Crippen molar-refractivity contribution >= 4 is 17.4 Å². The van der Waals surface area contributed by atoms with Gasteiger partial charge in [0.1, 0.15) is 0 Å². The minimum Gasteiger partial charge on any atom is -0.397 e. The lowest BCUT2D eigenvalue weighted by Gasteiger charge is -2.03. The number of hydrogen-bond donors (Lipinski definition) is 1. The Bertz CT molecular complexity index is 438. The van der Waals surface area contributed by atoms with Gasteiger partial charge in [0.2, 0.25) is 0 Å². The Hall–Kier alpha value is -1.49. The highest BCUT2D eigenvalue weighted by Crippen LogP contribution is 2.29. The van der Waals surface area contributed by atoms with Gasteiger partial charge in [-0.25, -0.2) is 4.98 Å². The number of pyridine rings is 1. The lowest BCUT2D eigenvalue weighted by molar-refractivity contribution is 0.790. The lowest BCUT2D eigenvalue weighted by atomic mass is 10.4. The predicted molar refractivity (Wildman–Crippen MR) is 56.0 cm³/mol. The van der Waals surface area contributed by atoms with E-state index in [-0.39, 0.29) is 0 Å². The van der Waals surface area contributed by atoms with Crippen molar-refractivity contribution in [3.63, 3.8) is 0 Å². The van der Waals surface area contributed by atoms with E-state index in [0.29, 0.717) is 5.69 Å². The number of nitrogens with zero attached hydrogens (tertiary/aromatic N) is 3. The summed E-state index contributed by atoms with van der Waals surface area (Å²) in [6, 6.07) is 1.88. The highest BCUT2D eigenvalue weighted by molar-refractivity contribution is 7.99. The molecule has 0 aliphatic carbocycles. The second-order valence-corrected chi connectivity index (χ2v) is 3.85. The van der Waals surface area contributed by atoms with E-state index in [4.69, 9.17) is 5.73 Å². The van der Waals surface area contributed by atoms with E-state index in [9.17, 15) is 0 Å². The molecule has 14 heavy (non-hydrogen) atoms. The van der Waals surface area contributed by atoms with Crippen LogP contribution < -0.4 is 5.73 Å². The summed E-state index contributed by atoms with van der Waals surface area (Å²) in [6.07, 6.45) is 7.03. The number of rotatable bonds is 2. The zero-order valence-corrected chi connectivity index (χ0v) is 8.53. The normalized spacial score (nSPS) is 10.4. The maximum Gasteiger partial charge on any atom is 0.172 e. The first-order valence-electron chi connectivity index (χ1n) is 4.12. The summed E-state index contributed by atoms with van der Waals surface area (Å²) in [6.45, 7) is 0. The van der Waals surface area contributed by atoms with Gasteiger partial charge in [0.05, 0.1) is 11.9 Å². The van der Waals surface area contributed by atoms with Crippen LogP contribution in [0.2, 0.25) is 0 Å². The van der Waals surface area contributed by atoms with E-state index >= 15 is 0 Å². The molecular weight excluding hydrogens is 196 g/mol. The van der Waals surface area contributed by atoms with Gasteiger partial charge in [-0.05, 0) is 17.8 Å². The van der Waals surface area contributed by atoms with E-state index in [1.54, 1.807) is 18.6 Å². The number of nitrogens with two attached hydrogens (primary N) is 1. The number of imidazole rings is 1. The van der Waals surface area contributed by atoms with Crippen molar-refractivity contribution < 1.29 is 0 Å². The molecule has 2 aromatic rings. The van der Waals surface area contributed by atoms with Gasteiger partial charge in [-0.2, -0.15) is 0 Å². The molecule has 0 spiro atoms. The van der Waals surface area contributed by atoms with Gasteiger partial charge in [-0.15, -0.1) is 0 Å². The number of aromatic nitrogens is 3. The zero-order valence-electron chi connectivity index (χ0n) is 7.71. The van der Waals surface area contributed by atoms with Crippen molar-refractivity contribution in [3.05, 3.63) is 30.9 Å². The first-order chi connectivity index (χ1) is 6.77. The average Bonchev–Trinajstić information content (AvgIpc) is 2.56. The molecule has 0 saturated heterocycles. The van der Waals surface area contributed by atoms with Gasteiger partial charge in [0.15, 0.2) is 5.16 Å². The molecule has 0 bridgehead atoms. The molecule has 0 radical (unpaired) electrons. The fourth-order valence-electron chi connectivity index (χ4n) is 1.04. The van der Waals surface area contributed by atoms with Gasteiger partial charge in [-0.1, -0.05) is 0 Å². The Balaban J connectivity index is 2.28. The molecule has 0 aromatic carbocycles. The van der Waals surface area contributed by atoms with Gasteiger partial charge < -0.3 is 10.3 Å². The minimum absolute atomic E-state index is 0.681. The number of nitrogen functional groups attached to an aromatic ring is 1. The molecule has 72 valence electrons. The highest BCUT2D eigenvalue weighted by atomic mass is 32.2. The Morgan fingerprint density at radius 1 is 1.43 bits per heavy atom. The standard InChI is InChI=1S/C9H10N4S/c1-13-5-4-12-9(13)14-8-2-3-11-6-7(8)10/h2-6H,10H2,1H3. The van der Waals surface area contributed by atoms with Gasteiger partial charge >= 0.3 is 0 Å². The molecule has 0 unspecified atom stereocenters. The molecule has 2 rings (SSSR count). The summed E-state index contributed by atoms with van der Waals surface area (Å²) in [7, 11) is 1.95. The summed E-state index contributed by atoms with van der Waals surface area (Å²) < 4.78 is 1.95. The summed E-state index contributed by atoms with van der Waals surface area (Å²) >= 11 is 1.53. The van der Waals surface area contributed by atoms with Gasteiger partial charge in [0, 0.05) is 30.5 Å². The van der Waals surface area contributed by atoms with Crippen molar-refractivity contribution in [2.45, 2.75) is 10.1 Å². The molecule has 4 nitrogen and oxygen atoms in total. The van der Waals surface area contributed by atoms with Crippen LogP contribution in [-0.2, 0) is 7.05 Å². The van der Waals surface area contributed by atoms with E-state index < -0.39 is 0 Å². The van der Waals surface area contributed by atoms with E-state index in [2.05, 4.69) is 9.97 Å². The minimum atomic E-state index is 0.681. The van der Waals surface area contributed by atoms with Crippen LogP contribution in [0.1, 0.15) is 0 Å². The molecular formula is C9H10N4S. The van der Waals surface area contributed by atoms with Crippen molar-refractivity contribution in [3.8, 4) is 0 Å². The monoisotopic (exact) mass is 206 g/mol. The third kappa shape index (κ3) is 1.72. The lowest BCUT2D eigenvalue weighted by Crippen LogP contribution is -1.92. The van der Waals surface area contributed by atoms with Crippen LogP contribution in [0.25, 0.3) is 0 Å². The molecule has 2 N–H and O–H groups in total. The smallest absolute Gasteiger partial charge is 0.172 e. The Labute approximate surface area is 86.2 Å². The number of anilines is 1. The summed E-state index contributed by atoms with van der Waals surface area (Å²) in [4.78, 5) is 9.11. The molecule has 5 heteroatoms. The number of hydrogen-bond acceptors (Lipinski definition) is 4. The van der Waals surface area contributed by atoms with Crippen molar-refractivity contribution in [2.75, 3.05) is 5.73 Å². The van der Waals surface area contributed by atoms with Gasteiger partial charge in [-0.3, -0.25) is 4.98 Å². The number of aryl methyl sites for hydroxylation is 1. The van der Waals surface area contributed by atoms with Gasteiger partial charge in [0.25, 0.3) is 0 Å².